The first-order valence-electron chi connectivity index (χ1n) is 4.10. The largest absolute Gasteiger partial charge is 0.306 e. The Kier molecular flexibility index (Phi) is 3.86. The summed E-state index contributed by atoms with van der Waals surface area (Å²) in [5.41, 5.74) is 0. The molecule has 1 aliphatic heterocycles. The van der Waals surface area contributed by atoms with Gasteiger partial charge in [-0.15, -0.1) is 0 Å². The predicted octanol–water partition coefficient (Wildman–Crippen LogP) is 2.63. The molecule has 0 radical (unpaired) electrons. The third-order valence-electron chi connectivity index (χ3n) is 2.43. The molecule has 0 spiro atoms. The number of halogens is 2. The molecular formula is C8H15Br2N. The maximum Gasteiger partial charge on any atom is 0.0290 e. The second-order valence-corrected chi connectivity index (χ2v) is 5.87. The lowest BCUT2D eigenvalue weighted by molar-refractivity contribution is 0.240. The van der Waals surface area contributed by atoms with E-state index in [1.807, 2.05) is 0 Å². The van der Waals surface area contributed by atoms with E-state index in [1.165, 1.54) is 32.4 Å². The van der Waals surface area contributed by atoms with Crippen molar-refractivity contribution < 1.29 is 0 Å². The molecule has 1 nitrogen and oxygen atoms in total. The normalized spacial score (nSPS) is 25.4. The molecule has 0 unspecified atom stereocenters. The summed E-state index contributed by atoms with van der Waals surface area (Å²) >= 11 is 7.32. The molecule has 1 heterocycles. The van der Waals surface area contributed by atoms with Crippen molar-refractivity contribution in [2.75, 3.05) is 25.5 Å². The minimum absolute atomic E-state index is 0.434. The molecule has 0 aliphatic carbocycles. The number of hydrogen-bond acceptors (Lipinski definition) is 1. The Labute approximate surface area is 85.8 Å². The minimum atomic E-state index is 0.434. The lowest BCUT2D eigenvalue weighted by Gasteiger charge is -2.35. The zero-order chi connectivity index (χ0) is 8.32. The molecule has 0 aromatic heterocycles. The third kappa shape index (κ3) is 3.03. The van der Waals surface area contributed by atoms with E-state index in [2.05, 4.69) is 43.8 Å². The first-order valence-corrected chi connectivity index (χ1v) is 6.01. The molecule has 1 saturated heterocycles. The number of alkyl halides is 2. The second-order valence-electron chi connectivity index (χ2n) is 3.39. The van der Waals surface area contributed by atoms with Crippen LogP contribution in [0.5, 0.6) is 0 Å². The van der Waals surface area contributed by atoms with Gasteiger partial charge in [-0.25, -0.2) is 0 Å². The molecule has 0 aromatic rings. The van der Waals surface area contributed by atoms with Gasteiger partial charge in [0.15, 0.2) is 0 Å². The van der Waals surface area contributed by atoms with Gasteiger partial charge in [0, 0.05) is 9.65 Å². The SMILES string of the molecule is CN1CCC(Br)(CCBr)CC1. The highest BCUT2D eigenvalue weighted by Crippen LogP contribution is 2.34. The Morgan fingerprint density at radius 1 is 1.36 bits per heavy atom. The van der Waals surface area contributed by atoms with E-state index in [0.29, 0.717) is 4.32 Å². The standard InChI is InChI=1S/C8H15Br2N/c1-11-6-3-8(10,2-5-9)4-7-11/h2-7H2,1H3. The average Bonchev–Trinajstić information content (AvgIpc) is 1.97. The van der Waals surface area contributed by atoms with Crippen LogP contribution < -0.4 is 0 Å². The molecule has 0 amide bonds. The smallest absolute Gasteiger partial charge is 0.0290 e. The van der Waals surface area contributed by atoms with E-state index in [4.69, 9.17) is 0 Å². The molecule has 0 atom stereocenters. The molecule has 66 valence electrons. The maximum atomic E-state index is 3.83. The van der Waals surface area contributed by atoms with Crippen molar-refractivity contribution in [2.45, 2.75) is 23.6 Å². The van der Waals surface area contributed by atoms with Crippen LogP contribution in [0.15, 0.2) is 0 Å². The van der Waals surface area contributed by atoms with Gasteiger partial charge in [0.1, 0.15) is 0 Å². The van der Waals surface area contributed by atoms with Crippen molar-refractivity contribution in [1.29, 1.82) is 0 Å². The molecule has 11 heavy (non-hydrogen) atoms. The fraction of sp³-hybridized carbons (Fsp3) is 1.00. The maximum absolute atomic E-state index is 3.83. The second kappa shape index (κ2) is 4.24. The first-order chi connectivity index (χ1) is 5.16. The Hall–Kier alpha value is 0.920. The van der Waals surface area contributed by atoms with Gasteiger partial charge in [0.05, 0.1) is 0 Å². The molecule has 1 aliphatic rings. The summed E-state index contributed by atoms with van der Waals surface area (Å²) in [4.78, 5) is 2.40. The van der Waals surface area contributed by atoms with Crippen molar-refractivity contribution in [1.82, 2.24) is 4.90 Å². The molecule has 0 saturated carbocycles. The Balaban J connectivity index is 2.35. The third-order valence-corrected chi connectivity index (χ3v) is 4.01. The van der Waals surface area contributed by atoms with E-state index >= 15 is 0 Å². The van der Waals surface area contributed by atoms with Gasteiger partial charge >= 0.3 is 0 Å². The summed E-state index contributed by atoms with van der Waals surface area (Å²) in [5, 5.41) is 1.11. The summed E-state index contributed by atoms with van der Waals surface area (Å²) in [6.07, 6.45) is 3.82. The van der Waals surface area contributed by atoms with E-state index in [-0.39, 0.29) is 0 Å². The fourth-order valence-electron chi connectivity index (χ4n) is 1.44. The lowest BCUT2D eigenvalue weighted by Crippen LogP contribution is -2.38. The quantitative estimate of drug-likeness (QED) is 0.705. The van der Waals surface area contributed by atoms with E-state index < -0.39 is 0 Å². The van der Waals surface area contributed by atoms with Gasteiger partial charge < -0.3 is 4.90 Å². The van der Waals surface area contributed by atoms with Gasteiger partial charge in [-0.3, -0.25) is 0 Å². The zero-order valence-electron chi connectivity index (χ0n) is 6.95. The van der Waals surface area contributed by atoms with E-state index in [9.17, 15) is 0 Å². The van der Waals surface area contributed by atoms with Gasteiger partial charge in [-0.2, -0.15) is 0 Å². The summed E-state index contributed by atoms with van der Waals surface area (Å²) in [7, 11) is 2.20. The molecule has 1 fully saturated rings. The van der Waals surface area contributed by atoms with E-state index in [1.54, 1.807) is 0 Å². The van der Waals surface area contributed by atoms with Crippen LogP contribution in [0.3, 0.4) is 0 Å². The Morgan fingerprint density at radius 2 is 1.91 bits per heavy atom. The van der Waals surface area contributed by atoms with Crippen molar-refractivity contribution in [2.24, 2.45) is 0 Å². The topological polar surface area (TPSA) is 3.24 Å². The first kappa shape index (κ1) is 10.0. The van der Waals surface area contributed by atoms with Gasteiger partial charge in [0.25, 0.3) is 0 Å². The van der Waals surface area contributed by atoms with Crippen molar-refractivity contribution in [3.05, 3.63) is 0 Å². The van der Waals surface area contributed by atoms with Crippen LogP contribution in [0.2, 0.25) is 0 Å². The lowest BCUT2D eigenvalue weighted by atomic mass is 9.94. The molecule has 0 bridgehead atoms. The predicted molar refractivity (Wildman–Crippen MR) is 56.8 cm³/mol. The van der Waals surface area contributed by atoms with Crippen molar-refractivity contribution in [3.8, 4) is 0 Å². The monoisotopic (exact) mass is 283 g/mol. The van der Waals surface area contributed by atoms with Crippen LogP contribution >= 0.6 is 31.9 Å². The van der Waals surface area contributed by atoms with Crippen LogP contribution in [0, 0.1) is 0 Å². The van der Waals surface area contributed by atoms with Crippen LogP contribution in [0.1, 0.15) is 19.3 Å². The van der Waals surface area contributed by atoms with Crippen LogP contribution in [-0.2, 0) is 0 Å². The molecule has 0 aromatic carbocycles. The average molecular weight is 285 g/mol. The number of likely N-dealkylation sites (tertiary alicyclic amines) is 1. The Morgan fingerprint density at radius 3 is 2.36 bits per heavy atom. The van der Waals surface area contributed by atoms with Crippen LogP contribution in [-0.4, -0.2) is 34.7 Å². The highest BCUT2D eigenvalue weighted by atomic mass is 79.9. The number of piperidine rings is 1. The molecular weight excluding hydrogens is 270 g/mol. The summed E-state index contributed by atoms with van der Waals surface area (Å²) in [6.45, 7) is 2.47. The summed E-state index contributed by atoms with van der Waals surface area (Å²) in [5.74, 6) is 0. The molecule has 0 N–H and O–H groups in total. The zero-order valence-corrected chi connectivity index (χ0v) is 10.1. The van der Waals surface area contributed by atoms with Crippen molar-refractivity contribution in [3.63, 3.8) is 0 Å². The summed E-state index contributed by atoms with van der Waals surface area (Å²) < 4.78 is 0.434. The number of nitrogens with zero attached hydrogens (tertiary/aromatic N) is 1. The van der Waals surface area contributed by atoms with Gasteiger partial charge in [0.2, 0.25) is 0 Å². The van der Waals surface area contributed by atoms with Gasteiger partial charge in [-0.05, 0) is 39.4 Å². The molecule has 1 rings (SSSR count). The van der Waals surface area contributed by atoms with Crippen LogP contribution in [0.4, 0.5) is 0 Å². The Bertz CT molecular complexity index is 119. The van der Waals surface area contributed by atoms with Gasteiger partial charge in [-0.1, -0.05) is 31.9 Å². The van der Waals surface area contributed by atoms with Crippen LogP contribution in [0.25, 0.3) is 0 Å². The highest BCUT2D eigenvalue weighted by molar-refractivity contribution is 9.10. The van der Waals surface area contributed by atoms with Crippen molar-refractivity contribution >= 4 is 31.9 Å². The number of hydrogen-bond donors (Lipinski definition) is 0. The molecule has 3 heteroatoms. The minimum Gasteiger partial charge on any atom is -0.306 e. The highest BCUT2D eigenvalue weighted by Gasteiger charge is 2.29. The van der Waals surface area contributed by atoms with E-state index in [0.717, 1.165) is 5.33 Å². The summed E-state index contributed by atoms with van der Waals surface area (Å²) in [6, 6.07) is 0. The number of rotatable bonds is 2. The fourth-order valence-corrected chi connectivity index (χ4v) is 3.28.